The number of halogens is 2. The Labute approximate surface area is 106 Å². The van der Waals surface area contributed by atoms with E-state index in [-0.39, 0.29) is 5.82 Å². The summed E-state index contributed by atoms with van der Waals surface area (Å²) in [5.74, 6) is 1.00. The van der Waals surface area contributed by atoms with Crippen LogP contribution in [0.5, 0.6) is 0 Å². The van der Waals surface area contributed by atoms with Crippen LogP contribution in [0.15, 0.2) is 27.8 Å². The molecule has 0 unspecified atom stereocenters. The van der Waals surface area contributed by atoms with Crippen molar-refractivity contribution in [3.8, 4) is 0 Å². The van der Waals surface area contributed by atoms with Gasteiger partial charge in [-0.25, -0.2) is 9.07 Å². The highest BCUT2D eigenvalue weighted by atomic mass is 79.9. The highest BCUT2D eigenvalue weighted by Crippen LogP contribution is 2.14. The van der Waals surface area contributed by atoms with Crippen LogP contribution in [0, 0.1) is 19.7 Å². The van der Waals surface area contributed by atoms with Gasteiger partial charge in [-0.1, -0.05) is 15.9 Å². The molecule has 0 atom stereocenters. The lowest BCUT2D eigenvalue weighted by Crippen LogP contribution is -1.97. The van der Waals surface area contributed by atoms with Crippen LogP contribution in [0.2, 0.25) is 0 Å². The molecule has 4 nitrogen and oxygen atoms in total. The molecule has 0 aliphatic rings. The molecule has 6 heteroatoms. The molecule has 0 saturated carbocycles. The van der Waals surface area contributed by atoms with Crippen molar-refractivity contribution in [1.82, 2.24) is 14.9 Å². The van der Waals surface area contributed by atoms with Crippen LogP contribution in [0.4, 0.5) is 4.39 Å². The average molecular weight is 297 g/mol. The van der Waals surface area contributed by atoms with Crippen LogP contribution < -0.4 is 0 Å². The molecule has 1 heterocycles. The molecular formula is C11H10BrFN4. The predicted molar refractivity (Wildman–Crippen MR) is 66.6 cm³/mol. The third-order valence-electron chi connectivity index (χ3n) is 2.22. The summed E-state index contributed by atoms with van der Waals surface area (Å²) in [6.45, 7) is 3.57. The second-order valence-electron chi connectivity index (χ2n) is 3.52. The molecule has 0 bridgehead atoms. The van der Waals surface area contributed by atoms with Crippen LogP contribution in [0.3, 0.4) is 0 Å². The fourth-order valence-electron chi connectivity index (χ4n) is 1.36. The number of aryl methyl sites for hydroxylation is 2. The molecule has 1 aromatic heterocycles. The zero-order valence-corrected chi connectivity index (χ0v) is 10.9. The third-order valence-corrected chi connectivity index (χ3v) is 2.72. The van der Waals surface area contributed by atoms with Gasteiger partial charge in [0.2, 0.25) is 0 Å². The Morgan fingerprint density at radius 3 is 2.59 bits per heavy atom. The van der Waals surface area contributed by atoms with Crippen molar-refractivity contribution in [3.05, 3.63) is 45.7 Å². The summed E-state index contributed by atoms with van der Waals surface area (Å²) in [7, 11) is 0. The first-order valence-electron chi connectivity index (χ1n) is 4.96. The maximum absolute atomic E-state index is 13.4. The summed E-state index contributed by atoms with van der Waals surface area (Å²) < 4.78 is 15.8. The molecule has 0 fully saturated rings. The largest absolute Gasteiger partial charge is 0.206 e. The lowest BCUT2D eigenvalue weighted by Gasteiger charge is -1.99. The van der Waals surface area contributed by atoms with E-state index in [2.05, 4.69) is 31.2 Å². The molecule has 0 radical (unpaired) electrons. The molecule has 0 aliphatic heterocycles. The minimum absolute atomic E-state index is 0.319. The fraction of sp³-hybridized carbons (Fsp3) is 0.182. The van der Waals surface area contributed by atoms with Crippen molar-refractivity contribution >= 4 is 22.1 Å². The molecule has 0 spiro atoms. The van der Waals surface area contributed by atoms with E-state index < -0.39 is 0 Å². The lowest BCUT2D eigenvalue weighted by atomic mass is 10.2. The Bertz CT molecular complexity index is 557. The molecular weight excluding hydrogens is 287 g/mol. The number of rotatable bonds is 2. The van der Waals surface area contributed by atoms with E-state index in [9.17, 15) is 4.39 Å². The van der Waals surface area contributed by atoms with Crippen molar-refractivity contribution in [2.45, 2.75) is 13.8 Å². The van der Waals surface area contributed by atoms with Crippen LogP contribution in [0.25, 0.3) is 0 Å². The van der Waals surface area contributed by atoms with Gasteiger partial charge in [-0.2, -0.15) is 5.10 Å². The highest BCUT2D eigenvalue weighted by Gasteiger charge is 2.03. The van der Waals surface area contributed by atoms with Gasteiger partial charge in [0.1, 0.15) is 5.82 Å². The van der Waals surface area contributed by atoms with Crippen molar-refractivity contribution in [2.24, 2.45) is 5.10 Å². The van der Waals surface area contributed by atoms with E-state index in [1.807, 2.05) is 0 Å². The summed E-state index contributed by atoms with van der Waals surface area (Å²) in [6, 6.07) is 4.69. The van der Waals surface area contributed by atoms with Crippen LogP contribution in [0.1, 0.15) is 17.2 Å². The Morgan fingerprint density at radius 2 is 1.94 bits per heavy atom. The monoisotopic (exact) mass is 296 g/mol. The fourth-order valence-corrected chi connectivity index (χ4v) is 1.74. The lowest BCUT2D eigenvalue weighted by molar-refractivity contribution is 0.625. The van der Waals surface area contributed by atoms with Crippen molar-refractivity contribution in [2.75, 3.05) is 0 Å². The van der Waals surface area contributed by atoms with Gasteiger partial charge in [0, 0.05) is 10.0 Å². The zero-order chi connectivity index (χ0) is 12.4. The van der Waals surface area contributed by atoms with Crippen LogP contribution >= 0.6 is 15.9 Å². The maximum atomic E-state index is 13.4. The van der Waals surface area contributed by atoms with Gasteiger partial charge in [-0.15, -0.1) is 10.2 Å². The van der Waals surface area contributed by atoms with E-state index in [1.165, 1.54) is 12.3 Å². The SMILES string of the molecule is Cc1nnc(C)n1/N=C/c1cc(Br)ccc1F. The minimum Gasteiger partial charge on any atom is -0.206 e. The van der Waals surface area contributed by atoms with Gasteiger partial charge in [-0.05, 0) is 32.0 Å². The summed E-state index contributed by atoms with van der Waals surface area (Å²) in [5.41, 5.74) is 0.409. The zero-order valence-electron chi connectivity index (χ0n) is 9.35. The molecule has 88 valence electrons. The van der Waals surface area contributed by atoms with E-state index in [1.54, 1.807) is 30.7 Å². The second-order valence-corrected chi connectivity index (χ2v) is 4.43. The number of nitrogens with zero attached hydrogens (tertiary/aromatic N) is 4. The molecule has 0 amide bonds. The minimum atomic E-state index is -0.319. The van der Waals surface area contributed by atoms with Crippen molar-refractivity contribution < 1.29 is 4.39 Å². The third kappa shape index (κ3) is 2.58. The van der Waals surface area contributed by atoms with Gasteiger partial charge in [0.05, 0.1) is 6.21 Å². The van der Waals surface area contributed by atoms with Gasteiger partial charge in [-0.3, -0.25) is 0 Å². The molecule has 0 N–H and O–H groups in total. The summed E-state index contributed by atoms with van der Waals surface area (Å²) >= 11 is 3.28. The Hall–Kier alpha value is -1.56. The molecule has 0 aliphatic carbocycles. The first-order valence-corrected chi connectivity index (χ1v) is 5.75. The smallest absolute Gasteiger partial charge is 0.151 e. The second kappa shape index (κ2) is 4.75. The van der Waals surface area contributed by atoms with E-state index >= 15 is 0 Å². The van der Waals surface area contributed by atoms with Gasteiger partial charge in [0.15, 0.2) is 11.6 Å². The first-order chi connectivity index (χ1) is 8.08. The Kier molecular flexibility index (Phi) is 3.33. The quantitative estimate of drug-likeness (QED) is 0.800. The van der Waals surface area contributed by atoms with Crippen molar-refractivity contribution in [3.63, 3.8) is 0 Å². The Morgan fingerprint density at radius 1 is 1.29 bits per heavy atom. The number of benzene rings is 1. The highest BCUT2D eigenvalue weighted by molar-refractivity contribution is 9.10. The summed E-state index contributed by atoms with van der Waals surface area (Å²) in [6.07, 6.45) is 1.45. The van der Waals surface area contributed by atoms with Gasteiger partial charge < -0.3 is 0 Å². The van der Waals surface area contributed by atoms with E-state index in [0.717, 1.165) is 4.47 Å². The molecule has 2 aromatic rings. The first kappa shape index (κ1) is 11.9. The average Bonchev–Trinajstić information content (AvgIpc) is 2.61. The normalized spacial score (nSPS) is 11.3. The van der Waals surface area contributed by atoms with Crippen LogP contribution in [-0.2, 0) is 0 Å². The number of hydrogen-bond donors (Lipinski definition) is 0. The molecule has 2 rings (SSSR count). The number of aromatic nitrogens is 3. The van der Waals surface area contributed by atoms with Crippen molar-refractivity contribution in [1.29, 1.82) is 0 Å². The van der Waals surface area contributed by atoms with Gasteiger partial charge in [0.25, 0.3) is 0 Å². The van der Waals surface area contributed by atoms with Crippen LogP contribution in [-0.4, -0.2) is 21.1 Å². The maximum Gasteiger partial charge on any atom is 0.151 e. The predicted octanol–water partition coefficient (Wildman–Crippen LogP) is 2.68. The molecule has 17 heavy (non-hydrogen) atoms. The van der Waals surface area contributed by atoms with E-state index in [0.29, 0.717) is 17.2 Å². The Balaban J connectivity index is 2.35. The molecule has 1 aromatic carbocycles. The standard InChI is InChI=1S/C11H10BrFN4/c1-7-15-16-8(2)17(7)14-6-9-5-10(12)3-4-11(9)13/h3-6H,1-2H3/b14-6+. The van der Waals surface area contributed by atoms with Gasteiger partial charge >= 0.3 is 0 Å². The number of hydrogen-bond acceptors (Lipinski definition) is 3. The van der Waals surface area contributed by atoms with E-state index in [4.69, 9.17) is 0 Å². The summed E-state index contributed by atoms with van der Waals surface area (Å²) in [4.78, 5) is 0. The topological polar surface area (TPSA) is 43.1 Å². The summed E-state index contributed by atoms with van der Waals surface area (Å²) in [5, 5.41) is 11.9. The molecule has 0 saturated heterocycles.